The second kappa shape index (κ2) is 8.46. The van der Waals surface area contributed by atoms with Crippen molar-refractivity contribution in [3.63, 3.8) is 0 Å². The van der Waals surface area contributed by atoms with Crippen LogP contribution < -0.4 is 19.1 Å². The van der Waals surface area contributed by atoms with Crippen molar-refractivity contribution in [1.29, 1.82) is 0 Å². The van der Waals surface area contributed by atoms with Crippen molar-refractivity contribution in [2.45, 2.75) is 0 Å². The maximum absolute atomic E-state index is 12.0. The minimum absolute atomic E-state index is 0.233. The average Bonchev–Trinajstić information content (AvgIpc) is 2.70. The molecule has 1 aliphatic rings. The number of nitrogens with one attached hydrogen (secondary N) is 1. The number of methoxy groups -OCH3 is 2. The van der Waals surface area contributed by atoms with E-state index in [1.165, 1.54) is 6.33 Å². The van der Waals surface area contributed by atoms with Crippen LogP contribution in [0, 0.1) is 0 Å². The minimum Gasteiger partial charge on any atom is -0.760 e. The van der Waals surface area contributed by atoms with Gasteiger partial charge in [0.05, 0.1) is 26.3 Å². The molecule has 1 atom stereocenters. The maximum atomic E-state index is 12.0. The molecule has 0 bridgehead atoms. The molecule has 0 radical (unpaired) electrons. The van der Waals surface area contributed by atoms with Crippen molar-refractivity contribution in [3.8, 4) is 11.5 Å². The summed E-state index contributed by atoms with van der Waals surface area (Å²) in [4.78, 5) is 24.4. The van der Waals surface area contributed by atoms with E-state index in [-0.39, 0.29) is 12.5 Å². The molecule has 27 heavy (non-hydrogen) atoms. The van der Waals surface area contributed by atoms with Crippen molar-refractivity contribution in [3.05, 3.63) is 18.5 Å². The number of hydrogen-bond acceptors (Lipinski definition) is 8. The smallest absolute Gasteiger partial charge is 0.237 e. The fourth-order valence-electron chi connectivity index (χ4n) is 3.02. The van der Waals surface area contributed by atoms with E-state index < -0.39 is 11.3 Å². The predicted octanol–water partition coefficient (Wildman–Crippen LogP) is -0.321. The number of amides is 1. The minimum atomic E-state index is -2.45. The highest BCUT2D eigenvalue weighted by Gasteiger charge is 2.23. The Morgan fingerprint density at radius 2 is 1.85 bits per heavy atom. The first kappa shape index (κ1) is 19.3. The molecule has 0 aliphatic carbocycles. The van der Waals surface area contributed by atoms with Gasteiger partial charge in [0, 0.05) is 48.9 Å². The number of nitrogens with zero attached hydrogens (tertiary/aromatic N) is 4. The predicted molar refractivity (Wildman–Crippen MR) is 98.4 cm³/mol. The lowest BCUT2D eigenvalue weighted by molar-refractivity contribution is -0.130. The van der Waals surface area contributed by atoms with E-state index in [1.807, 2.05) is 6.07 Å². The molecule has 0 spiro atoms. The maximum Gasteiger partial charge on any atom is 0.237 e. The lowest BCUT2D eigenvalue weighted by atomic mass is 10.2. The van der Waals surface area contributed by atoms with E-state index in [2.05, 4.69) is 19.6 Å². The molecular weight excluding hydrogens is 374 g/mol. The molecular formula is C16H20N5O5S-. The van der Waals surface area contributed by atoms with Gasteiger partial charge in [0.25, 0.3) is 0 Å². The topological polar surface area (TPSA) is 120 Å². The zero-order chi connectivity index (χ0) is 19.4. The van der Waals surface area contributed by atoms with Gasteiger partial charge in [-0.15, -0.1) is 0 Å². The van der Waals surface area contributed by atoms with Gasteiger partial charge in [-0.05, 0) is 6.07 Å². The van der Waals surface area contributed by atoms with Gasteiger partial charge in [-0.2, -0.15) is 0 Å². The fourth-order valence-corrected chi connectivity index (χ4v) is 3.26. The number of aromatic nitrogens is 2. The zero-order valence-corrected chi connectivity index (χ0v) is 15.8. The van der Waals surface area contributed by atoms with Crippen LogP contribution in [0.4, 0.5) is 5.82 Å². The highest BCUT2D eigenvalue weighted by atomic mass is 32.2. The van der Waals surface area contributed by atoms with E-state index in [9.17, 15) is 13.6 Å². The van der Waals surface area contributed by atoms with Crippen LogP contribution >= 0.6 is 0 Å². The van der Waals surface area contributed by atoms with Crippen molar-refractivity contribution in [1.82, 2.24) is 19.6 Å². The van der Waals surface area contributed by atoms with Crippen LogP contribution in [0.25, 0.3) is 10.9 Å². The van der Waals surface area contributed by atoms with Crippen LogP contribution in [-0.2, 0) is 16.1 Å². The number of rotatable bonds is 6. The molecule has 1 aromatic heterocycles. The van der Waals surface area contributed by atoms with Crippen LogP contribution in [-0.4, -0.2) is 76.5 Å². The van der Waals surface area contributed by atoms with Crippen LogP contribution in [0.15, 0.2) is 18.5 Å². The number of hydrogen-bond donors (Lipinski definition) is 1. The largest absolute Gasteiger partial charge is 0.760 e. The molecule has 1 aromatic carbocycles. The van der Waals surface area contributed by atoms with Crippen LogP contribution in [0.3, 0.4) is 0 Å². The summed E-state index contributed by atoms with van der Waals surface area (Å²) in [5, 5.41) is 0.832. The van der Waals surface area contributed by atoms with E-state index >= 15 is 0 Å². The molecule has 1 N–H and O–H groups in total. The highest BCUT2D eigenvalue weighted by molar-refractivity contribution is 7.77. The quantitative estimate of drug-likeness (QED) is 0.662. The van der Waals surface area contributed by atoms with Gasteiger partial charge in [-0.25, -0.2) is 14.7 Å². The third-order valence-corrected chi connectivity index (χ3v) is 4.77. The summed E-state index contributed by atoms with van der Waals surface area (Å²) >= 11 is -2.45. The van der Waals surface area contributed by atoms with Crippen LogP contribution in [0.2, 0.25) is 0 Å². The Bertz CT molecular complexity index is 856. The molecule has 1 saturated heterocycles. The second-order valence-corrected chi connectivity index (χ2v) is 6.60. The van der Waals surface area contributed by atoms with Crippen molar-refractivity contribution >= 4 is 33.9 Å². The summed E-state index contributed by atoms with van der Waals surface area (Å²) in [7, 11) is 3.14. The number of carbonyl (C=O) groups excluding carboxylic acids is 1. The zero-order valence-electron chi connectivity index (χ0n) is 15.0. The standard InChI is InChI=1S/C16H21N5O5S/c1-25-13-7-11-12(8-14(13)26-2)17-10-18-16(11)21-5-3-20(4-6-21)15(22)9-19-27(23)24/h7-8,10,19H,3-6,9H2,1-2H3,(H,23,24)/p-1. The summed E-state index contributed by atoms with van der Waals surface area (Å²) in [6.07, 6.45) is 1.49. The SMILES string of the molecule is COc1cc2ncnc(N3CCN(C(=O)CNS(=O)[O-])CC3)c2cc1OC. The van der Waals surface area contributed by atoms with Crippen molar-refractivity contribution < 1.29 is 23.0 Å². The third-order valence-electron chi connectivity index (χ3n) is 4.39. The first-order chi connectivity index (χ1) is 13.0. The second-order valence-electron chi connectivity index (χ2n) is 5.85. The monoisotopic (exact) mass is 394 g/mol. The number of fused-ring (bicyclic) bond motifs is 1. The molecule has 1 amide bonds. The summed E-state index contributed by atoms with van der Waals surface area (Å²) in [5.41, 5.74) is 0.735. The molecule has 10 nitrogen and oxygen atoms in total. The summed E-state index contributed by atoms with van der Waals surface area (Å²) in [6.45, 7) is 1.87. The van der Waals surface area contributed by atoms with Gasteiger partial charge < -0.3 is 23.8 Å². The number of anilines is 1. The first-order valence-corrected chi connectivity index (χ1v) is 9.33. The molecule has 2 heterocycles. The molecule has 2 aromatic rings. The molecule has 0 saturated carbocycles. The van der Waals surface area contributed by atoms with E-state index in [0.717, 1.165) is 16.7 Å². The van der Waals surface area contributed by atoms with Gasteiger partial charge in [-0.1, -0.05) is 0 Å². The third kappa shape index (κ3) is 4.26. The van der Waals surface area contributed by atoms with Gasteiger partial charge in [0.2, 0.25) is 5.91 Å². The molecule has 1 fully saturated rings. The molecule has 1 aliphatic heterocycles. The normalized spacial score (nSPS) is 15.7. The van der Waals surface area contributed by atoms with Crippen molar-refractivity contribution in [2.24, 2.45) is 0 Å². The van der Waals surface area contributed by atoms with Gasteiger partial charge >= 0.3 is 0 Å². The number of benzene rings is 1. The Balaban J connectivity index is 1.77. The van der Waals surface area contributed by atoms with Crippen molar-refractivity contribution in [2.75, 3.05) is 51.8 Å². The summed E-state index contributed by atoms with van der Waals surface area (Å²) < 4.78 is 33.8. The van der Waals surface area contributed by atoms with E-state index in [0.29, 0.717) is 37.7 Å². The summed E-state index contributed by atoms with van der Waals surface area (Å²) in [6, 6.07) is 3.64. The average molecular weight is 394 g/mol. The van der Waals surface area contributed by atoms with E-state index in [4.69, 9.17) is 9.47 Å². The van der Waals surface area contributed by atoms with E-state index in [1.54, 1.807) is 25.2 Å². The molecule has 3 rings (SSSR count). The van der Waals surface area contributed by atoms with Crippen LogP contribution in [0.1, 0.15) is 0 Å². The lowest BCUT2D eigenvalue weighted by Gasteiger charge is -2.36. The van der Waals surface area contributed by atoms with Crippen LogP contribution in [0.5, 0.6) is 11.5 Å². The number of piperazine rings is 1. The van der Waals surface area contributed by atoms with Gasteiger partial charge in [-0.3, -0.25) is 9.00 Å². The Labute approximate surface area is 158 Å². The Morgan fingerprint density at radius 3 is 2.48 bits per heavy atom. The summed E-state index contributed by atoms with van der Waals surface area (Å²) in [5.74, 6) is 1.68. The Hall–Kier alpha value is -2.50. The molecule has 1 unspecified atom stereocenters. The Morgan fingerprint density at radius 1 is 1.19 bits per heavy atom. The number of ether oxygens (including phenoxy) is 2. The van der Waals surface area contributed by atoms with Gasteiger partial charge in [0.15, 0.2) is 11.5 Å². The number of carbonyl (C=O) groups is 1. The molecule has 146 valence electrons. The van der Waals surface area contributed by atoms with Gasteiger partial charge in [0.1, 0.15) is 12.1 Å². The fraction of sp³-hybridized carbons (Fsp3) is 0.438. The molecule has 11 heteroatoms. The highest BCUT2D eigenvalue weighted by Crippen LogP contribution is 2.34. The Kier molecular flexibility index (Phi) is 6.04. The first-order valence-electron chi connectivity index (χ1n) is 8.25. The lowest BCUT2D eigenvalue weighted by Crippen LogP contribution is -2.51.